The molecule has 2 unspecified atom stereocenters. The lowest BCUT2D eigenvalue weighted by Gasteiger charge is -2.40. The van der Waals surface area contributed by atoms with E-state index >= 15 is 0 Å². The van der Waals surface area contributed by atoms with Crippen LogP contribution >= 0.6 is 11.8 Å². The molecule has 0 saturated heterocycles. The Kier molecular flexibility index (Phi) is 5.62. The molecule has 0 amide bonds. The van der Waals surface area contributed by atoms with Crippen LogP contribution in [0.25, 0.3) is 0 Å². The first kappa shape index (κ1) is 14.3. The number of hydrogen-bond donors (Lipinski definition) is 1. The molecule has 0 bridgehead atoms. The maximum atomic E-state index is 10.0. The van der Waals surface area contributed by atoms with Crippen molar-refractivity contribution in [3.8, 4) is 0 Å². The monoisotopic (exact) mass is 245 g/mol. The minimum Gasteiger partial charge on any atom is -0.393 e. The largest absolute Gasteiger partial charge is 0.393 e. The van der Waals surface area contributed by atoms with Crippen molar-refractivity contribution in [2.75, 3.05) is 32.1 Å². The number of nitrogens with zero attached hydrogens (tertiary/aromatic N) is 1. The van der Waals surface area contributed by atoms with E-state index in [1.54, 1.807) is 0 Å². The Hall–Kier alpha value is 0.270. The van der Waals surface area contributed by atoms with Crippen molar-refractivity contribution in [2.24, 2.45) is 11.3 Å². The van der Waals surface area contributed by atoms with Crippen LogP contribution in [-0.2, 0) is 0 Å². The molecular weight excluding hydrogens is 218 g/mol. The number of thioether (sulfide) groups is 1. The maximum Gasteiger partial charge on any atom is 0.0581 e. The minimum atomic E-state index is -0.0789. The Bertz CT molecular complexity index is 208. The van der Waals surface area contributed by atoms with Crippen LogP contribution in [0.1, 0.15) is 33.1 Å². The average molecular weight is 245 g/mol. The van der Waals surface area contributed by atoms with Gasteiger partial charge in [-0.3, -0.25) is 0 Å². The Labute approximate surface area is 105 Å². The third-order valence-corrected chi connectivity index (χ3v) is 4.29. The molecule has 0 radical (unpaired) electrons. The minimum absolute atomic E-state index is 0.0789. The Morgan fingerprint density at radius 2 is 2.12 bits per heavy atom. The van der Waals surface area contributed by atoms with E-state index in [1.165, 1.54) is 12.2 Å². The summed E-state index contributed by atoms with van der Waals surface area (Å²) in [7, 11) is 2.17. The molecule has 2 atom stereocenters. The van der Waals surface area contributed by atoms with Gasteiger partial charge in [-0.05, 0) is 43.9 Å². The van der Waals surface area contributed by atoms with Gasteiger partial charge in [-0.25, -0.2) is 0 Å². The van der Waals surface area contributed by atoms with Crippen molar-refractivity contribution < 1.29 is 5.11 Å². The molecular formula is C13H27NOS. The van der Waals surface area contributed by atoms with Gasteiger partial charge in [0.2, 0.25) is 0 Å². The van der Waals surface area contributed by atoms with Crippen molar-refractivity contribution in [1.29, 1.82) is 0 Å². The summed E-state index contributed by atoms with van der Waals surface area (Å²) in [5.74, 6) is 1.65. The lowest BCUT2D eigenvalue weighted by molar-refractivity contribution is 0.00844. The molecule has 0 spiro atoms. The van der Waals surface area contributed by atoms with Gasteiger partial charge >= 0.3 is 0 Å². The van der Waals surface area contributed by atoms with Gasteiger partial charge in [0, 0.05) is 18.8 Å². The summed E-state index contributed by atoms with van der Waals surface area (Å²) in [6, 6.07) is 0. The molecule has 1 N–H and O–H groups in total. The summed E-state index contributed by atoms with van der Waals surface area (Å²) in [6.07, 6.45) is 5.38. The molecule has 1 aliphatic carbocycles. The Morgan fingerprint density at radius 1 is 1.44 bits per heavy atom. The molecule has 0 aliphatic heterocycles. The average Bonchev–Trinajstić information content (AvgIpc) is 2.20. The quantitative estimate of drug-likeness (QED) is 0.805. The molecule has 0 aromatic rings. The summed E-state index contributed by atoms with van der Waals surface area (Å²) >= 11 is 1.89. The lowest BCUT2D eigenvalue weighted by atomic mass is 9.71. The van der Waals surface area contributed by atoms with E-state index in [0.29, 0.717) is 11.3 Å². The fourth-order valence-corrected chi connectivity index (χ4v) is 3.14. The molecule has 2 nitrogen and oxygen atoms in total. The zero-order valence-corrected chi connectivity index (χ0v) is 12.0. The highest BCUT2D eigenvalue weighted by atomic mass is 32.2. The van der Waals surface area contributed by atoms with E-state index in [-0.39, 0.29) is 6.10 Å². The van der Waals surface area contributed by atoms with Gasteiger partial charge in [-0.15, -0.1) is 0 Å². The van der Waals surface area contributed by atoms with Crippen LogP contribution in [0.3, 0.4) is 0 Å². The first-order valence-corrected chi connectivity index (χ1v) is 7.69. The lowest BCUT2D eigenvalue weighted by Crippen LogP contribution is -2.40. The van der Waals surface area contributed by atoms with Crippen LogP contribution in [0.2, 0.25) is 0 Å². The molecule has 1 rings (SSSR count). The van der Waals surface area contributed by atoms with E-state index in [1.807, 2.05) is 11.8 Å². The van der Waals surface area contributed by atoms with E-state index in [2.05, 4.69) is 32.1 Å². The highest BCUT2D eigenvalue weighted by molar-refractivity contribution is 7.98. The summed E-state index contributed by atoms with van der Waals surface area (Å²) in [6.45, 7) is 6.83. The van der Waals surface area contributed by atoms with E-state index in [4.69, 9.17) is 0 Å². The van der Waals surface area contributed by atoms with Gasteiger partial charge in [0.25, 0.3) is 0 Å². The van der Waals surface area contributed by atoms with Gasteiger partial charge in [0.1, 0.15) is 0 Å². The van der Waals surface area contributed by atoms with E-state index < -0.39 is 0 Å². The summed E-state index contributed by atoms with van der Waals surface area (Å²) in [5, 5.41) is 10.0. The summed E-state index contributed by atoms with van der Waals surface area (Å²) < 4.78 is 0. The smallest absolute Gasteiger partial charge is 0.0581 e. The first-order chi connectivity index (χ1) is 7.44. The molecule has 0 aromatic heterocycles. The van der Waals surface area contributed by atoms with Crippen LogP contribution < -0.4 is 0 Å². The molecule has 0 heterocycles. The third kappa shape index (κ3) is 4.64. The van der Waals surface area contributed by atoms with Crippen molar-refractivity contribution in [2.45, 2.75) is 39.2 Å². The fraction of sp³-hybridized carbons (Fsp3) is 1.00. The Balaban J connectivity index is 2.38. The molecule has 96 valence electrons. The highest BCUT2D eigenvalue weighted by Crippen LogP contribution is 2.38. The van der Waals surface area contributed by atoms with Gasteiger partial charge in [-0.2, -0.15) is 11.8 Å². The van der Waals surface area contributed by atoms with E-state index in [0.717, 1.165) is 25.9 Å². The fourth-order valence-electron chi connectivity index (χ4n) is 2.65. The van der Waals surface area contributed by atoms with Crippen molar-refractivity contribution in [3.63, 3.8) is 0 Å². The predicted molar refractivity (Wildman–Crippen MR) is 73.0 cm³/mol. The number of rotatable bonds is 5. The van der Waals surface area contributed by atoms with Crippen LogP contribution in [0.4, 0.5) is 0 Å². The van der Waals surface area contributed by atoms with Gasteiger partial charge < -0.3 is 10.0 Å². The Morgan fingerprint density at radius 3 is 2.75 bits per heavy atom. The zero-order valence-electron chi connectivity index (χ0n) is 11.2. The SMILES string of the molecule is CSCCN(C)CC1CC(C)(C)CCC1O. The predicted octanol–water partition coefficient (Wildman–Crippen LogP) is 2.47. The molecule has 16 heavy (non-hydrogen) atoms. The summed E-state index contributed by atoms with van der Waals surface area (Å²) in [5.41, 5.74) is 0.421. The second kappa shape index (κ2) is 6.27. The molecule has 1 fully saturated rings. The van der Waals surface area contributed by atoms with Crippen LogP contribution in [0, 0.1) is 11.3 Å². The van der Waals surface area contributed by atoms with Crippen LogP contribution in [0.15, 0.2) is 0 Å². The molecule has 3 heteroatoms. The standard InChI is InChI=1S/C13H27NOS/c1-13(2)6-5-12(15)11(9-13)10-14(3)7-8-16-4/h11-12,15H,5-10H2,1-4H3. The normalized spacial score (nSPS) is 29.6. The topological polar surface area (TPSA) is 23.5 Å². The van der Waals surface area contributed by atoms with Crippen molar-refractivity contribution in [3.05, 3.63) is 0 Å². The van der Waals surface area contributed by atoms with Gasteiger partial charge in [0.05, 0.1) is 6.10 Å². The highest BCUT2D eigenvalue weighted by Gasteiger charge is 2.34. The summed E-state index contributed by atoms with van der Waals surface area (Å²) in [4.78, 5) is 2.37. The van der Waals surface area contributed by atoms with Crippen LogP contribution in [0.5, 0.6) is 0 Å². The van der Waals surface area contributed by atoms with Gasteiger partial charge in [-0.1, -0.05) is 13.8 Å². The second-order valence-corrected chi connectivity index (χ2v) is 6.98. The van der Waals surface area contributed by atoms with Crippen molar-refractivity contribution >= 4 is 11.8 Å². The zero-order chi connectivity index (χ0) is 12.2. The molecule has 1 aliphatic rings. The first-order valence-electron chi connectivity index (χ1n) is 6.30. The number of aliphatic hydroxyl groups is 1. The second-order valence-electron chi connectivity index (χ2n) is 5.99. The third-order valence-electron chi connectivity index (χ3n) is 3.70. The van der Waals surface area contributed by atoms with Gasteiger partial charge in [0.15, 0.2) is 0 Å². The number of aliphatic hydroxyl groups excluding tert-OH is 1. The molecule has 1 saturated carbocycles. The van der Waals surface area contributed by atoms with Crippen molar-refractivity contribution in [1.82, 2.24) is 4.90 Å². The van der Waals surface area contributed by atoms with Crippen LogP contribution in [-0.4, -0.2) is 48.3 Å². The maximum absolute atomic E-state index is 10.0. The number of hydrogen-bond acceptors (Lipinski definition) is 3. The van der Waals surface area contributed by atoms with E-state index in [9.17, 15) is 5.11 Å². The molecule has 0 aromatic carbocycles.